The lowest BCUT2D eigenvalue weighted by Gasteiger charge is -2.37. The highest BCUT2D eigenvalue weighted by Crippen LogP contribution is 2.33. The van der Waals surface area contributed by atoms with Crippen molar-refractivity contribution in [3.8, 4) is 0 Å². The summed E-state index contributed by atoms with van der Waals surface area (Å²) in [6.45, 7) is 3.61. The molecular formula is C21H25F2N3O2. The number of alkyl halides is 2. The van der Waals surface area contributed by atoms with Gasteiger partial charge in [0, 0.05) is 24.7 Å². The number of benzene rings is 1. The summed E-state index contributed by atoms with van der Waals surface area (Å²) in [5, 5.41) is 2.98. The third-order valence-corrected chi connectivity index (χ3v) is 4.91. The maximum Gasteiger partial charge on any atom is 0.410 e. The lowest BCUT2D eigenvalue weighted by Crippen LogP contribution is -2.52. The number of likely N-dealkylation sites (tertiary alicyclic amines) is 1. The number of ether oxygens (including phenoxy) is 1. The Hall–Kier alpha value is -2.70. The van der Waals surface area contributed by atoms with E-state index in [4.69, 9.17) is 4.74 Å². The van der Waals surface area contributed by atoms with Gasteiger partial charge in [-0.2, -0.15) is 0 Å². The van der Waals surface area contributed by atoms with Gasteiger partial charge in [0.05, 0.1) is 6.54 Å². The number of carbonyl (C=O) groups excluding carboxylic acids is 1. The molecule has 1 aromatic heterocycles. The molecule has 0 spiro atoms. The highest BCUT2D eigenvalue weighted by molar-refractivity contribution is 5.68. The van der Waals surface area contributed by atoms with Gasteiger partial charge in [0.25, 0.3) is 5.92 Å². The number of pyridine rings is 1. The minimum atomic E-state index is -2.99. The highest BCUT2D eigenvalue weighted by Gasteiger charge is 2.46. The fraction of sp³-hybridized carbons (Fsp3) is 0.429. The summed E-state index contributed by atoms with van der Waals surface area (Å²) in [6, 6.07) is 13.0. The normalized spacial score (nSPS) is 18.6. The Morgan fingerprint density at radius 2 is 2.00 bits per heavy atom. The number of carbonyl (C=O) groups is 1. The Kier molecular flexibility index (Phi) is 6.11. The second kappa shape index (κ2) is 8.54. The van der Waals surface area contributed by atoms with E-state index in [0.29, 0.717) is 5.82 Å². The molecule has 1 fully saturated rings. The van der Waals surface area contributed by atoms with Gasteiger partial charge in [0.1, 0.15) is 12.4 Å². The van der Waals surface area contributed by atoms with Crippen molar-refractivity contribution in [3.63, 3.8) is 0 Å². The van der Waals surface area contributed by atoms with Gasteiger partial charge in [-0.05, 0) is 38.0 Å². The zero-order valence-electron chi connectivity index (χ0n) is 16.1. The first-order valence-electron chi connectivity index (χ1n) is 9.36. The fourth-order valence-corrected chi connectivity index (χ4v) is 3.18. The van der Waals surface area contributed by atoms with Crippen LogP contribution >= 0.6 is 0 Å². The molecule has 2 heterocycles. The van der Waals surface area contributed by atoms with Crippen LogP contribution in [0.1, 0.15) is 23.2 Å². The van der Waals surface area contributed by atoms with Crippen molar-refractivity contribution >= 4 is 11.9 Å². The largest absolute Gasteiger partial charge is 0.445 e. The van der Waals surface area contributed by atoms with Crippen molar-refractivity contribution in [2.45, 2.75) is 32.8 Å². The summed E-state index contributed by atoms with van der Waals surface area (Å²) in [7, 11) is 0. The van der Waals surface area contributed by atoms with E-state index >= 15 is 0 Å². The molecule has 1 aliphatic heterocycles. The van der Waals surface area contributed by atoms with E-state index in [0.717, 1.165) is 21.7 Å². The standard InChI is InChI=1S/C21H25F2N3O2/c1-15-6-8-17(9-7-15)13-28-20(27)26-11-10-18(21(22,23)14-26)12-24-19-5-3-4-16(2)25-19/h3-9,18H,10-14H2,1-2H3,(H,24,25)/t18-/m0/s1. The minimum absolute atomic E-state index is 0.0746. The van der Waals surface area contributed by atoms with Crippen LogP contribution in [-0.4, -0.2) is 41.5 Å². The van der Waals surface area contributed by atoms with Gasteiger partial charge in [-0.3, -0.25) is 0 Å². The minimum Gasteiger partial charge on any atom is -0.445 e. The third kappa shape index (κ3) is 5.18. The van der Waals surface area contributed by atoms with Gasteiger partial charge in [-0.1, -0.05) is 35.9 Å². The molecule has 2 aromatic rings. The van der Waals surface area contributed by atoms with Crippen LogP contribution in [0.15, 0.2) is 42.5 Å². The van der Waals surface area contributed by atoms with Crippen LogP contribution in [0.25, 0.3) is 0 Å². The van der Waals surface area contributed by atoms with E-state index in [9.17, 15) is 13.6 Å². The first-order chi connectivity index (χ1) is 13.3. The molecule has 1 aromatic carbocycles. The maximum atomic E-state index is 14.6. The predicted molar refractivity (Wildman–Crippen MR) is 103 cm³/mol. The summed E-state index contributed by atoms with van der Waals surface area (Å²) in [5.74, 6) is -3.27. The molecule has 0 aliphatic carbocycles. The number of aryl methyl sites for hydroxylation is 2. The van der Waals surface area contributed by atoms with E-state index in [-0.39, 0.29) is 26.1 Å². The third-order valence-electron chi connectivity index (χ3n) is 4.91. The Morgan fingerprint density at radius 3 is 2.68 bits per heavy atom. The topological polar surface area (TPSA) is 54.5 Å². The van der Waals surface area contributed by atoms with Gasteiger partial charge in [0.15, 0.2) is 0 Å². The van der Waals surface area contributed by atoms with Crippen LogP contribution in [0.4, 0.5) is 19.4 Å². The first-order valence-corrected chi connectivity index (χ1v) is 9.36. The molecule has 0 bridgehead atoms. The van der Waals surface area contributed by atoms with E-state index in [1.54, 1.807) is 6.07 Å². The zero-order valence-corrected chi connectivity index (χ0v) is 16.1. The summed E-state index contributed by atoms with van der Waals surface area (Å²) < 4.78 is 34.3. The van der Waals surface area contributed by atoms with Crippen LogP contribution in [0, 0.1) is 19.8 Å². The summed E-state index contributed by atoms with van der Waals surface area (Å²) in [6.07, 6.45) is -0.502. The number of hydrogen-bond acceptors (Lipinski definition) is 4. The number of halogens is 2. The number of piperidine rings is 1. The molecule has 1 atom stereocenters. The SMILES string of the molecule is Cc1ccc(COC(=O)N2CC[C@@H](CNc3cccc(C)n3)C(F)(F)C2)cc1. The van der Waals surface area contributed by atoms with Gasteiger partial charge >= 0.3 is 6.09 Å². The van der Waals surface area contributed by atoms with E-state index in [1.165, 1.54) is 0 Å². The second-order valence-corrected chi connectivity index (χ2v) is 7.25. The van der Waals surface area contributed by atoms with E-state index in [1.807, 2.05) is 50.2 Å². The Morgan fingerprint density at radius 1 is 1.25 bits per heavy atom. The molecule has 0 radical (unpaired) electrons. The van der Waals surface area contributed by atoms with Crippen molar-refractivity contribution in [2.24, 2.45) is 5.92 Å². The number of aromatic nitrogens is 1. The van der Waals surface area contributed by atoms with Crippen LogP contribution in [0.3, 0.4) is 0 Å². The van der Waals surface area contributed by atoms with E-state index in [2.05, 4.69) is 10.3 Å². The summed E-state index contributed by atoms with van der Waals surface area (Å²) in [5.41, 5.74) is 2.75. The van der Waals surface area contributed by atoms with Gasteiger partial charge in [-0.25, -0.2) is 18.6 Å². The molecule has 3 rings (SSSR count). The highest BCUT2D eigenvalue weighted by atomic mass is 19.3. The first kappa shape index (κ1) is 20.0. The van der Waals surface area contributed by atoms with Crippen LogP contribution in [0.5, 0.6) is 0 Å². The van der Waals surface area contributed by atoms with Gasteiger partial charge < -0.3 is 15.0 Å². The van der Waals surface area contributed by atoms with Crippen LogP contribution in [0.2, 0.25) is 0 Å². The van der Waals surface area contributed by atoms with Crippen molar-refractivity contribution < 1.29 is 18.3 Å². The number of rotatable bonds is 5. The van der Waals surface area contributed by atoms with Crippen molar-refractivity contribution in [3.05, 3.63) is 59.3 Å². The average molecular weight is 389 g/mol. The van der Waals surface area contributed by atoms with Crippen molar-refractivity contribution in [1.29, 1.82) is 0 Å². The molecule has 7 heteroatoms. The van der Waals surface area contributed by atoms with Crippen molar-refractivity contribution in [2.75, 3.05) is 25.0 Å². The molecule has 1 saturated heterocycles. The van der Waals surface area contributed by atoms with Crippen molar-refractivity contribution in [1.82, 2.24) is 9.88 Å². The summed E-state index contributed by atoms with van der Waals surface area (Å²) in [4.78, 5) is 17.6. The molecule has 150 valence electrons. The number of amides is 1. The molecule has 1 N–H and O–H groups in total. The van der Waals surface area contributed by atoms with Crippen LogP contribution in [-0.2, 0) is 11.3 Å². The molecule has 28 heavy (non-hydrogen) atoms. The molecule has 1 amide bonds. The number of nitrogens with zero attached hydrogens (tertiary/aromatic N) is 2. The lowest BCUT2D eigenvalue weighted by atomic mass is 9.93. The fourth-order valence-electron chi connectivity index (χ4n) is 3.18. The lowest BCUT2D eigenvalue weighted by molar-refractivity contribution is -0.101. The second-order valence-electron chi connectivity index (χ2n) is 7.25. The molecular weight excluding hydrogens is 364 g/mol. The number of anilines is 1. The molecule has 1 aliphatic rings. The number of hydrogen-bond donors (Lipinski definition) is 1. The molecule has 5 nitrogen and oxygen atoms in total. The average Bonchev–Trinajstić information content (AvgIpc) is 2.66. The quantitative estimate of drug-likeness (QED) is 0.823. The van der Waals surface area contributed by atoms with Gasteiger partial charge in [-0.15, -0.1) is 0 Å². The van der Waals surface area contributed by atoms with Crippen LogP contribution < -0.4 is 5.32 Å². The maximum absolute atomic E-state index is 14.6. The monoisotopic (exact) mass is 389 g/mol. The van der Waals surface area contributed by atoms with E-state index < -0.39 is 24.5 Å². The Bertz CT molecular complexity index is 812. The smallest absolute Gasteiger partial charge is 0.410 e. The molecule has 0 saturated carbocycles. The zero-order chi connectivity index (χ0) is 20.1. The Balaban J connectivity index is 1.50. The van der Waals surface area contributed by atoms with Gasteiger partial charge in [0.2, 0.25) is 0 Å². The Labute approximate surface area is 163 Å². The molecule has 0 unspecified atom stereocenters. The summed E-state index contributed by atoms with van der Waals surface area (Å²) >= 11 is 0. The number of nitrogens with one attached hydrogen (secondary N) is 1. The predicted octanol–water partition coefficient (Wildman–Crippen LogP) is 4.40.